The smallest absolute Gasteiger partial charge is 0.267 e. The van der Waals surface area contributed by atoms with E-state index < -0.39 is 5.91 Å². The summed E-state index contributed by atoms with van der Waals surface area (Å²) < 4.78 is 2.08. The maximum atomic E-state index is 11.1. The molecule has 6 heteroatoms. The Balaban J connectivity index is 1.81. The molecule has 2 aromatic carbocycles. The summed E-state index contributed by atoms with van der Waals surface area (Å²) in [7, 11) is 0. The van der Waals surface area contributed by atoms with E-state index in [1.165, 1.54) is 6.08 Å². The molecule has 0 saturated carbocycles. The van der Waals surface area contributed by atoms with Gasteiger partial charge in [0.1, 0.15) is 0 Å². The monoisotopic (exact) mass is 367 g/mol. The van der Waals surface area contributed by atoms with Crippen LogP contribution >= 0.6 is 11.6 Å². The largest absolute Gasteiger partial charge is 0.330 e. The lowest BCUT2D eigenvalue weighted by atomic mass is 10.1. The number of rotatable bonds is 5. The normalized spacial score (nSPS) is 11.0. The minimum atomic E-state index is -0.562. The van der Waals surface area contributed by atoms with Gasteiger partial charge in [0, 0.05) is 28.9 Å². The number of benzene rings is 2. The van der Waals surface area contributed by atoms with E-state index in [2.05, 4.69) is 9.55 Å². The van der Waals surface area contributed by atoms with Gasteiger partial charge in [0.25, 0.3) is 5.91 Å². The zero-order chi connectivity index (χ0) is 18.5. The summed E-state index contributed by atoms with van der Waals surface area (Å²) >= 11 is 5.95. The Labute approximate surface area is 156 Å². The zero-order valence-electron chi connectivity index (χ0n) is 14.2. The number of carbonyl (C=O) groups excluding carboxylic acids is 1. The summed E-state index contributed by atoms with van der Waals surface area (Å²) in [6, 6.07) is 15.5. The SMILES string of the molecule is Cc1c(-c2ccc(Cl)cc2)ncn1Cc1cccc(C=CC(=O)NO)c1. The molecule has 1 aromatic heterocycles. The Hall–Kier alpha value is -2.89. The van der Waals surface area contributed by atoms with Crippen molar-refractivity contribution in [1.82, 2.24) is 15.0 Å². The number of hydrogen-bond acceptors (Lipinski definition) is 3. The molecule has 2 N–H and O–H groups in total. The molecule has 0 spiro atoms. The van der Waals surface area contributed by atoms with Crippen LogP contribution in [0.3, 0.4) is 0 Å². The quantitative estimate of drug-likeness (QED) is 0.405. The van der Waals surface area contributed by atoms with Crippen LogP contribution in [0.5, 0.6) is 0 Å². The van der Waals surface area contributed by atoms with Gasteiger partial charge in [0.15, 0.2) is 0 Å². The highest BCUT2D eigenvalue weighted by atomic mass is 35.5. The molecule has 0 saturated heterocycles. The zero-order valence-corrected chi connectivity index (χ0v) is 14.9. The lowest BCUT2D eigenvalue weighted by Crippen LogP contribution is -2.14. The molecule has 0 aliphatic heterocycles. The Morgan fingerprint density at radius 3 is 2.77 bits per heavy atom. The standard InChI is InChI=1S/C20H18ClN3O2/c1-14-20(17-6-8-18(21)9-7-17)22-13-24(14)12-16-4-2-3-15(11-16)5-10-19(25)23-26/h2-11,13,26H,12H2,1H3,(H,23,25). The lowest BCUT2D eigenvalue weighted by Gasteiger charge is -2.07. The van der Waals surface area contributed by atoms with Crippen molar-refractivity contribution in [3.63, 3.8) is 0 Å². The van der Waals surface area contributed by atoms with Crippen molar-refractivity contribution in [3.8, 4) is 11.3 Å². The first kappa shape index (κ1) is 17.9. The molecule has 0 atom stereocenters. The van der Waals surface area contributed by atoms with Crippen LogP contribution in [0.4, 0.5) is 0 Å². The highest BCUT2D eigenvalue weighted by molar-refractivity contribution is 6.30. The Kier molecular flexibility index (Phi) is 5.51. The topological polar surface area (TPSA) is 67.2 Å². The minimum Gasteiger partial charge on any atom is -0.330 e. The maximum absolute atomic E-state index is 11.1. The molecule has 0 unspecified atom stereocenters. The van der Waals surface area contributed by atoms with Gasteiger partial charge in [0.05, 0.1) is 12.0 Å². The Morgan fingerprint density at radius 1 is 1.27 bits per heavy atom. The van der Waals surface area contributed by atoms with Crippen molar-refractivity contribution < 1.29 is 10.0 Å². The highest BCUT2D eigenvalue weighted by Gasteiger charge is 2.09. The third-order valence-electron chi connectivity index (χ3n) is 4.06. The van der Waals surface area contributed by atoms with E-state index in [0.29, 0.717) is 11.6 Å². The van der Waals surface area contributed by atoms with Gasteiger partial charge >= 0.3 is 0 Å². The van der Waals surface area contributed by atoms with Crippen molar-refractivity contribution in [2.24, 2.45) is 0 Å². The van der Waals surface area contributed by atoms with Gasteiger partial charge in [0.2, 0.25) is 0 Å². The van der Waals surface area contributed by atoms with Gasteiger partial charge in [-0.05, 0) is 42.3 Å². The number of amides is 1. The van der Waals surface area contributed by atoms with Gasteiger partial charge in [-0.2, -0.15) is 0 Å². The molecule has 0 fully saturated rings. The van der Waals surface area contributed by atoms with E-state index in [-0.39, 0.29) is 0 Å². The molecule has 1 heterocycles. The van der Waals surface area contributed by atoms with Crippen LogP contribution in [0.2, 0.25) is 5.02 Å². The fourth-order valence-corrected chi connectivity index (χ4v) is 2.82. The van der Waals surface area contributed by atoms with E-state index in [9.17, 15) is 4.79 Å². The number of nitrogens with zero attached hydrogens (tertiary/aromatic N) is 2. The summed E-state index contributed by atoms with van der Waals surface area (Å²) in [4.78, 5) is 15.6. The fraction of sp³-hybridized carbons (Fsp3) is 0.100. The molecule has 3 aromatic rings. The summed E-state index contributed by atoms with van der Waals surface area (Å²) in [6.07, 6.45) is 4.75. The predicted octanol–water partition coefficient (Wildman–Crippen LogP) is 4.08. The van der Waals surface area contributed by atoms with Crippen LogP contribution in [0.15, 0.2) is 60.9 Å². The van der Waals surface area contributed by atoms with E-state index in [1.807, 2.05) is 61.8 Å². The van der Waals surface area contributed by atoms with Crippen LogP contribution in [-0.4, -0.2) is 20.7 Å². The number of hydroxylamine groups is 1. The first-order valence-corrected chi connectivity index (χ1v) is 8.43. The molecule has 5 nitrogen and oxygen atoms in total. The molecule has 0 radical (unpaired) electrons. The van der Waals surface area contributed by atoms with Crippen LogP contribution in [0.25, 0.3) is 17.3 Å². The second-order valence-corrected chi connectivity index (χ2v) is 6.30. The summed E-state index contributed by atoms with van der Waals surface area (Å²) in [5.74, 6) is -0.562. The number of carbonyl (C=O) groups is 1. The third kappa shape index (κ3) is 4.20. The second-order valence-electron chi connectivity index (χ2n) is 5.87. The summed E-state index contributed by atoms with van der Waals surface area (Å²) in [5, 5.41) is 9.24. The average Bonchev–Trinajstić information content (AvgIpc) is 3.01. The van der Waals surface area contributed by atoms with Crippen LogP contribution < -0.4 is 5.48 Å². The minimum absolute atomic E-state index is 0.562. The first-order valence-electron chi connectivity index (χ1n) is 8.05. The number of aromatic nitrogens is 2. The third-order valence-corrected chi connectivity index (χ3v) is 4.31. The van der Waals surface area contributed by atoms with E-state index in [1.54, 1.807) is 11.6 Å². The number of hydrogen-bond donors (Lipinski definition) is 2. The number of imidazole rings is 1. The van der Waals surface area contributed by atoms with Gasteiger partial charge in [-0.1, -0.05) is 41.9 Å². The fourth-order valence-electron chi connectivity index (χ4n) is 2.70. The van der Waals surface area contributed by atoms with E-state index in [0.717, 1.165) is 28.1 Å². The van der Waals surface area contributed by atoms with Crippen molar-refractivity contribution in [2.75, 3.05) is 0 Å². The lowest BCUT2D eigenvalue weighted by molar-refractivity contribution is -0.124. The average molecular weight is 368 g/mol. The molecular formula is C20H18ClN3O2. The number of nitrogens with one attached hydrogen (secondary N) is 1. The second kappa shape index (κ2) is 7.99. The highest BCUT2D eigenvalue weighted by Crippen LogP contribution is 2.24. The molecule has 26 heavy (non-hydrogen) atoms. The van der Waals surface area contributed by atoms with Gasteiger partial charge in [-0.25, -0.2) is 10.5 Å². The summed E-state index contributed by atoms with van der Waals surface area (Å²) in [5.41, 5.74) is 6.55. The van der Waals surface area contributed by atoms with Gasteiger partial charge in [-0.3, -0.25) is 10.0 Å². The van der Waals surface area contributed by atoms with E-state index >= 15 is 0 Å². The van der Waals surface area contributed by atoms with Crippen molar-refractivity contribution in [1.29, 1.82) is 0 Å². The van der Waals surface area contributed by atoms with Crippen molar-refractivity contribution in [3.05, 3.63) is 82.8 Å². The van der Waals surface area contributed by atoms with Crippen molar-refractivity contribution >= 4 is 23.6 Å². The molecule has 0 aliphatic carbocycles. The maximum Gasteiger partial charge on any atom is 0.267 e. The Bertz CT molecular complexity index is 946. The first-order chi connectivity index (χ1) is 12.6. The Morgan fingerprint density at radius 2 is 2.04 bits per heavy atom. The van der Waals surface area contributed by atoms with Crippen LogP contribution in [0, 0.1) is 6.92 Å². The van der Waals surface area contributed by atoms with E-state index in [4.69, 9.17) is 16.8 Å². The number of halogens is 1. The molecule has 1 amide bonds. The molecule has 3 rings (SSSR count). The van der Waals surface area contributed by atoms with Gasteiger partial charge < -0.3 is 4.57 Å². The molecule has 132 valence electrons. The molecular weight excluding hydrogens is 350 g/mol. The van der Waals surface area contributed by atoms with Crippen LogP contribution in [-0.2, 0) is 11.3 Å². The molecule has 0 aliphatic rings. The summed E-state index contributed by atoms with van der Waals surface area (Å²) in [6.45, 7) is 2.70. The predicted molar refractivity (Wildman–Crippen MR) is 102 cm³/mol. The molecule has 0 bridgehead atoms. The van der Waals surface area contributed by atoms with Crippen LogP contribution in [0.1, 0.15) is 16.8 Å². The van der Waals surface area contributed by atoms with Crippen molar-refractivity contribution in [2.45, 2.75) is 13.5 Å². The van der Waals surface area contributed by atoms with Gasteiger partial charge in [-0.15, -0.1) is 0 Å².